The van der Waals surface area contributed by atoms with Gasteiger partial charge in [0.1, 0.15) is 0 Å². The molecule has 16 heavy (non-hydrogen) atoms. The maximum Gasteiger partial charge on any atom is 0.334 e. The van der Waals surface area contributed by atoms with Gasteiger partial charge in [0.2, 0.25) is 0 Å². The monoisotopic (exact) mass is 480 g/mol. The molecule has 0 nitrogen and oxygen atoms in total. The van der Waals surface area contributed by atoms with Crippen LogP contribution in [0.15, 0.2) is 0 Å². The first kappa shape index (κ1) is 15.0. The molecule has 1 fully saturated rings. The van der Waals surface area contributed by atoms with Crippen molar-refractivity contribution in [3.8, 4) is 0 Å². The molecule has 0 amide bonds. The van der Waals surface area contributed by atoms with E-state index in [0.717, 1.165) is 0 Å². The molecule has 0 aliphatic heterocycles. The van der Waals surface area contributed by atoms with Gasteiger partial charge in [0.25, 0.3) is 11.3 Å². The standard InChI is InChI=1S/C6H2F8I2/c7-1(15)3(9)5(11,12)4(10,2(8)16)6(3,13)14/h1-2H. The first-order valence-electron chi connectivity index (χ1n) is 3.58. The molecule has 2 unspecified atom stereocenters. The van der Waals surface area contributed by atoms with Crippen molar-refractivity contribution in [3.63, 3.8) is 0 Å². The topological polar surface area (TPSA) is 0 Å². The van der Waals surface area contributed by atoms with Crippen LogP contribution in [0.25, 0.3) is 0 Å². The maximum atomic E-state index is 13.1. The fourth-order valence-electron chi connectivity index (χ4n) is 1.41. The summed E-state index contributed by atoms with van der Waals surface area (Å²) in [6.45, 7) is 0. The fraction of sp³-hybridized carbons (Fsp3) is 1.00. The van der Waals surface area contributed by atoms with E-state index in [9.17, 15) is 35.1 Å². The normalized spacial score (nSPS) is 44.6. The lowest BCUT2D eigenvalue weighted by Crippen LogP contribution is -2.89. The molecular formula is C6H2F8I2. The molecule has 0 aromatic rings. The number of rotatable bonds is 2. The van der Waals surface area contributed by atoms with Gasteiger partial charge < -0.3 is 0 Å². The molecule has 0 N–H and O–H groups in total. The van der Waals surface area contributed by atoms with Crippen molar-refractivity contribution in [2.75, 3.05) is 0 Å². The maximum absolute atomic E-state index is 13.1. The Hall–Kier alpha value is 0.900. The summed E-state index contributed by atoms with van der Waals surface area (Å²) in [7, 11) is 0. The van der Waals surface area contributed by atoms with Crippen LogP contribution in [0, 0.1) is 0 Å². The first-order valence-corrected chi connectivity index (χ1v) is 6.08. The van der Waals surface area contributed by atoms with E-state index in [0.29, 0.717) is 45.2 Å². The Balaban J connectivity index is 3.35. The smallest absolute Gasteiger partial charge is 0.232 e. The van der Waals surface area contributed by atoms with E-state index < -0.39 is 31.5 Å². The lowest BCUT2D eigenvalue weighted by molar-refractivity contribution is -0.441. The van der Waals surface area contributed by atoms with E-state index in [1.807, 2.05) is 0 Å². The van der Waals surface area contributed by atoms with Gasteiger partial charge in [-0.05, 0) is 45.2 Å². The van der Waals surface area contributed by atoms with Crippen LogP contribution in [0.4, 0.5) is 35.1 Å². The molecule has 96 valence electrons. The second kappa shape index (κ2) is 3.70. The van der Waals surface area contributed by atoms with Crippen LogP contribution in [0.2, 0.25) is 0 Å². The average molecular weight is 480 g/mol. The summed E-state index contributed by atoms with van der Waals surface area (Å²) < 4.78 is 96.2. The number of hydrogen-bond acceptors (Lipinski definition) is 0. The lowest BCUT2D eigenvalue weighted by Gasteiger charge is -2.58. The van der Waals surface area contributed by atoms with Gasteiger partial charge in [-0.2, -0.15) is 17.6 Å². The molecule has 1 aliphatic carbocycles. The van der Waals surface area contributed by atoms with Gasteiger partial charge in [-0.25, -0.2) is 17.6 Å². The molecule has 1 saturated carbocycles. The SMILES string of the molecule is FC(I)C1(F)C(F)(F)C(F)(C(F)I)C1(F)F. The highest BCUT2D eigenvalue weighted by Gasteiger charge is 3.01. The van der Waals surface area contributed by atoms with E-state index in [4.69, 9.17) is 0 Å². The van der Waals surface area contributed by atoms with Crippen LogP contribution in [-0.4, -0.2) is 31.5 Å². The van der Waals surface area contributed by atoms with Gasteiger partial charge in [-0.1, -0.05) is 0 Å². The zero-order chi connectivity index (χ0) is 13.2. The second-order valence-corrected chi connectivity index (χ2v) is 5.36. The third kappa shape index (κ3) is 1.20. The Morgan fingerprint density at radius 2 is 0.812 bits per heavy atom. The molecular weight excluding hydrogens is 478 g/mol. The van der Waals surface area contributed by atoms with Crippen LogP contribution in [0.3, 0.4) is 0 Å². The van der Waals surface area contributed by atoms with E-state index in [1.54, 1.807) is 0 Å². The summed E-state index contributed by atoms with van der Waals surface area (Å²) >= 11 is 0.668. The number of hydrogen-bond donors (Lipinski definition) is 0. The van der Waals surface area contributed by atoms with Crippen LogP contribution in [0.1, 0.15) is 0 Å². The Morgan fingerprint density at radius 1 is 0.625 bits per heavy atom. The van der Waals surface area contributed by atoms with Crippen LogP contribution >= 0.6 is 45.2 Å². The minimum Gasteiger partial charge on any atom is -0.232 e. The van der Waals surface area contributed by atoms with Crippen LogP contribution in [-0.2, 0) is 0 Å². The average Bonchev–Trinajstić information content (AvgIpc) is 2.12. The third-order valence-electron chi connectivity index (χ3n) is 2.43. The fourth-order valence-corrected chi connectivity index (χ4v) is 2.97. The molecule has 0 aromatic carbocycles. The highest BCUT2D eigenvalue weighted by atomic mass is 127. The van der Waals surface area contributed by atoms with Gasteiger partial charge in [0.15, 0.2) is 8.36 Å². The summed E-state index contributed by atoms with van der Waals surface area (Å²) in [5, 5.41) is 0. The highest BCUT2D eigenvalue weighted by molar-refractivity contribution is 14.1. The Morgan fingerprint density at radius 3 is 0.938 bits per heavy atom. The lowest BCUT2D eigenvalue weighted by atomic mass is 9.63. The Bertz CT molecular complexity index is 259. The molecule has 0 bridgehead atoms. The molecule has 10 heteroatoms. The molecule has 2 atom stereocenters. The quantitative estimate of drug-likeness (QED) is 0.317. The van der Waals surface area contributed by atoms with E-state index in [-0.39, 0.29) is 0 Å². The van der Waals surface area contributed by atoms with Crippen LogP contribution in [0.5, 0.6) is 0 Å². The van der Waals surface area contributed by atoms with Gasteiger partial charge in [-0.3, -0.25) is 0 Å². The molecule has 0 saturated heterocycles. The zero-order valence-corrected chi connectivity index (χ0v) is 11.2. The summed E-state index contributed by atoms with van der Waals surface area (Å²) in [5.41, 5.74) is -10.1. The molecule has 0 spiro atoms. The molecule has 1 aliphatic rings. The van der Waals surface area contributed by atoms with Gasteiger partial charge >= 0.3 is 11.8 Å². The predicted molar refractivity (Wildman–Crippen MR) is 55.4 cm³/mol. The zero-order valence-electron chi connectivity index (χ0n) is 6.93. The summed E-state index contributed by atoms with van der Waals surface area (Å²) in [5.74, 6) is -10.9. The van der Waals surface area contributed by atoms with E-state index in [1.165, 1.54) is 0 Å². The minimum absolute atomic E-state index is 0.334. The van der Waals surface area contributed by atoms with Crippen molar-refractivity contribution in [2.24, 2.45) is 0 Å². The summed E-state index contributed by atoms with van der Waals surface area (Å²) in [6.07, 6.45) is 0. The van der Waals surface area contributed by atoms with Gasteiger partial charge in [0.05, 0.1) is 0 Å². The molecule has 0 aromatic heterocycles. The van der Waals surface area contributed by atoms with Crippen molar-refractivity contribution in [2.45, 2.75) is 31.5 Å². The summed E-state index contributed by atoms with van der Waals surface area (Å²) in [4.78, 5) is 0. The van der Waals surface area contributed by atoms with Crippen molar-refractivity contribution >= 4 is 45.2 Å². The van der Waals surface area contributed by atoms with Gasteiger partial charge in [-0.15, -0.1) is 0 Å². The largest absolute Gasteiger partial charge is 0.334 e. The number of halogens is 10. The van der Waals surface area contributed by atoms with Crippen molar-refractivity contribution < 1.29 is 35.1 Å². The van der Waals surface area contributed by atoms with Crippen molar-refractivity contribution in [3.05, 3.63) is 0 Å². The van der Waals surface area contributed by atoms with Crippen molar-refractivity contribution in [1.29, 1.82) is 0 Å². The number of alkyl halides is 10. The minimum atomic E-state index is -5.44. The van der Waals surface area contributed by atoms with Gasteiger partial charge in [0, 0.05) is 0 Å². The Labute approximate surface area is 111 Å². The summed E-state index contributed by atoms with van der Waals surface area (Å²) in [6, 6.07) is 0. The second-order valence-electron chi connectivity index (χ2n) is 3.17. The van der Waals surface area contributed by atoms with E-state index >= 15 is 0 Å². The molecule has 1 rings (SSSR count). The first-order chi connectivity index (χ1) is 6.89. The van der Waals surface area contributed by atoms with E-state index in [2.05, 4.69) is 0 Å². The predicted octanol–water partition coefficient (Wildman–Crippen LogP) is 4.15. The highest BCUT2D eigenvalue weighted by Crippen LogP contribution is 2.72. The third-order valence-corrected chi connectivity index (χ3v) is 4.15. The Kier molecular flexibility index (Phi) is 3.46. The molecule has 0 radical (unpaired) electrons. The molecule has 0 heterocycles. The van der Waals surface area contributed by atoms with Crippen molar-refractivity contribution in [1.82, 2.24) is 0 Å². The van der Waals surface area contributed by atoms with Crippen LogP contribution < -0.4 is 0 Å².